The predicted molar refractivity (Wildman–Crippen MR) is 131 cm³/mol. The van der Waals surface area contributed by atoms with Gasteiger partial charge < -0.3 is 0 Å². The molecule has 1 radical (unpaired) electrons. The highest BCUT2D eigenvalue weighted by Crippen LogP contribution is 2.19. The third kappa shape index (κ3) is 24.0. The first kappa shape index (κ1) is 28.0. The van der Waals surface area contributed by atoms with Gasteiger partial charge in [-0.2, -0.15) is 0 Å². The van der Waals surface area contributed by atoms with Gasteiger partial charge in [-0.3, -0.25) is 0 Å². The minimum Gasteiger partial charge on any atom is -0.0628 e. The van der Waals surface area contributed by atoms with Gasteiger partial charge in [0.25, 0.3) is 0 Å². The smallest absolute Gasteiger partial charge is 0.0414 e. The van der Waals surface area contributed by atoms with E-state index in [2.05, 4.69) is 34.6 Å². The Morgan fingerprint density at radius 1 is 0.357 bits per heavy atom. The normalized spacial score (nSPS) is 13.0. The van der Waals surface area contributed by atoms with Crippen molar-refractivity contribution in [2.24, 2.45) is 17.8 Å². The maximum absolute atomic E-state index is 4.40. The molecule has 0 aromatic carbocycles. The molecule has 1 unspecified atom stereocenters. The molecule has 1 atom stereocenters. The molecule has 28 heavy (non-hydrogen) atoms. The summed E-state index contributed by atoms with van der Waals surface area (Å²) >= 11 is 0. The Bertz CT molecular complexity index is 278. The fourth-order valence-electron chi connectivity index (χ4n) is 4.24. The van der Waals surface area contributed by atoms with Gasteiger partial charge in [0.15, 0.2) is 0 Å². The van der Waals surface area contributed by atoms with Crippen molar-refractivity contribution >= 4 is 0 Å². The van der Waals surface area contributed by atoms with Gasteiger partial charge in [0.1, 0.15) is 0 Å². The standard InChI is InChI=1S/C28H57/c1-26(2)22-18-14-10-7-6-8-12-16-20-24-28(5)25-21-17-13-9-11-15-19-23-27(3)4/h26-28H,5-25H2,1-4H3. The van der Waals surface area contributed by atoms with Crippen LogP contribution in [0.3, 0.4) is 0 Å². The quantitative estimate of drug-likeness (QED) is 0.160. The van der Waals surface area contributed by atoms with Gasteiger partial charge in [-0.05, 0) is 17.8 Å². The van der Waals surface area contributed by atoms with E-state index >= 15 is 0 Å². The van der Waals surface area contributed by atoms with Crippen molar-refractivity contribution in [3.05, 3.63) is 6.92 Å². The van der Waals surface area contributed by atoms with Gasteiger partial charge in [0.2, 0.25) is 0 Å². The molecule has 0 heterocycles. The summed E-state index contributed by atoms with van der Waals surface area (Å²) in [6, 6.07) is 0. The van der Waals surface area contributed by atoms with Crippen LogP contribution in [0.4, 0.5) is 0 Å². The van der Waals surface area contributed by atoms with Crippen LogP contribution in [0.2, 0.25) is 0 Å². The molecule has 0 aliphatic heterocycles. The monoisotopic (exact) mass is 393 g/mol. The molecule has 0 N–H and O–H groups in total. The van der Waals surface area contributed by atoms with E-state index in [1.54, 1.807) is 0 Å². The van der Waals surface area contributed by atoms with E-state index in [0.29, 0.717) is 5.92 Å². The van der Waals surface area contributed by atoms with Crippen LogP contribution in [0.5, 0.6) is 0 Å². The minimum absolute atomic E-state index is 0.715. The Labute approximate surface area is 181 Å². The van der Waals surface area contributed by atoms with Crippen molar-refractivity contribution in [3.8, 4) is 0 Å². The van der Waals surface area contributed by atoms with Crippen LogP contribution in [0.15, 0.2) is 0 Å². The highest BCUT2D eigenvalue weighted by Gasteiger charge is 2.02. The van der Waals surface area contributed by atoms with Gasteiger partial charge >= 0.3 is 0 Å². The zero-order chi connectivity index (χ0) is 20.9. The van der Waals surface area contributed by atoms with Crippen molar-refractivity contribution in [2.45, 2.75) is 156 Å². The largest absolute Gasteiger partial charge is 0.0628 e. The van der Waals surface area contributed by atoms with E-state index in [1.165, 1.54) is 128 Å². The van der Waals surface area contributed by atoms with E-state index in [0.717, 1.165) is 11.8 Å². The average molecular weight is 394 g/mol. The highest BCUT2D eigenvalue weighted by atomic mass is 14.1. The van der Waals surface area contributed by atoms with Crippen LogP contribution in [0.1, 0.15) is 156 Å². The van der Waals surface area contributed by atoms with Gasteiger partial charge in [-0.1, -0.05) is 163 Å². The molecule has 0 fully saturated rings. The lowest BCUT2D eigenvalue weighted by Gasteiger charge is -2.11. The predicted octanol–water partition coefficient (Wildman–Crippen LogP) is 10.6. The highest BCUT2D eigenvalue weighted by molar-refractivity contribution is 4.62. The third-order valence-electron chi connectivity index (χ3n) is 6.29. The van der Waals surface area contributed by atoms with Crippen LogP contribution in [-0.4, -0.2) is 0 Å². The summed E-state index contributed by atoms with van der Waals surface area (Å²) in [6.45, 7) is 13.8. The molecule has 0 aromatic heterocycles. The van der Waals surface area contributed by atoms with Crippen LogP contribution in [0.25, 0.3) is 0 Å². The molecule has 0 saturated carbocycles. The second-order valence-corrected chi connectivity index (χ2v) is 10.5. The lowest BCUT2D eigenvalue weighted by molar-refractivity contribution is 0.457. The molecule has 0 nitrogen and oxygen atoms in total. The van der Waals surface area contributed by atoms with Crippen molar-refractivity contribution in [1.82, 2.24) is 0 Å². The van der Waals surface area contributed by atoms with Crippen LogP contribution < -0.4 is 0 Å². The summed E-state index contributed by atoms with van der Waals surface area (Å²) in [5.41, 5.74) is 0. The summed E-state index contributed by atoms with van der Waals surface area (Å²) in [7, 11) is 0. The fraction of sp³-hybridized carbons (Fsp3) is 0.964. The zero-order valence-electron chi connectivity index (χ0n) is 20.6. The Balaban J connectivity index is 3.16. The number of hydrogen-bond donors (Lipinski definition) is 0. The molecule has 169 valence electrons. The first-order chi connectivity index (χ1) is 13.5. The lowest BCUT2D eigenvalue weighted by atomic mass is 9.95. The lowest BCUT2D eigenvalue weighted by Crippen LogP contribution is -1.95. The molecule has 0 aliphatic carbocycles. The topological polar surface area (TPSA) is 0 Å². The maximum Gasteiger partial charge on any atom is -0.0414 e. The minimum atomic E-state index is 0.715. The van der Waals surface area contributed by atoms with Crippen molar-refractivity contribution < 1.29 is 0 Å². The Kier molecular flexibility index (Phi) is 21.7. The molecule has 0 aliphatic rings. The Hall–Kier alpha value is 0. The Morgan fingerprint density at radius 2 is 0.571 bits per heavy atom. The average Bonchev–Trinajstić information content (AvgIpc) is 2.64. The molecule has 0 spiro atoms. The summed E-state index contributed by atoms with van der Waals surface area (Å²) in [5, 5.41) is 0. The number of rotatable bonds is 22. The molecular formula is C28H57. The van der Waals surface area contributed by atoms with E-state index in [9.17, 15) is 0 Å². The molecule has 0 rings (SSSR count). The second-order valence-electron chi connectivity index (χ2n) is 10.5. The third-order valence-corrected chi connectivity index (χ3v) is 6.29. The summed E-state index contributed by atoms with van der Waals surface area (Å²) in [4.78, 5) is 0. The van der Waals surface area contributed by atoms with Crippen molar-refractivity contribution in [3.63, 3.8) is 0 Å². The first-order valence-electron chi connectivity index (χ1n) is 13.4. The number of hydrogen-bond acceptors (Lipinski definition) is 0. The Morgan fingerprint density at radius 3 is 0.821 bits per heavy atom. The van der Waals surface area contributed by atoms with Crippen molar-refractivity contribution in [2.75, 3.05) is 0 Å². The fourth-order valence-corrected chi connectivity index (χ4v) is 4.24. The second kappa shape index (κ2) is 21.7. The molecule has 0 aromatic rings. The van der Waals surface area contributed by atoms with Gasteiger partial charge in [-0.15, -0.1) is 0 Å². The van der Waals surface area contributed by atoms with E-state index in [1.807, 2.05) is 0 Å². The van der Waals surface area contributed by atoms with E-state index < -0.39 is 0 Å². The van der Waals surface area contributed by atoms with Crippen molar-refractivity contribution in [1.29, 1.82) is 0 Å². The molecular weight excluding hydrogens is 336 g/mol. The summed E-state index contributed by atoms with van der Waals surface area (Å²) < 4.78 is 0. The van der Waals surface area contributed by atoms with Crippen LogP contribution in [-0.2, 0) is 0 Å². The zero-order valence-corrected chi connectivity index (χ0v) is 20.6. The SMILES string of the molecule is [CH2]C(CCCCCCCCCCCC(C)C)CCCCCCCCCC(C)C. The van der Waals surface area contributed by atoms with E-state index in [4.69, 9.17) is 0 Å². The number of unbranched alkanes of at least 4 members (excludes halogenated alkanes) is 14. The van der Waals surface area contributed by atoms with Crippen LogP contribution in [0, 0.1) is 24.7 Å². The van der Waals surface area contributed by atoms with Gasteiger partial charge in [0.05, 0.1) is 0 Å². The maximum atomic E-state index is 4.40. The van der Waals surface area contributed by atoms with Gasteiger partial charge in [-0.25, -0.2) is 0 Å². The van der Waals surface area contributed by atoms with Gasteiger partial charge in [0, 0.05) is 0 Å². The molecule has 0 bridgehead atoms. The van der Waals surface area contributed by atoms with E-state index in [-0.39, 0.29) is 0 Å². The summed E-state index contributed by atoms with van der Waals surface area (Å²) in [6.07, 6.45) is 28.7. The molecule has 0 heteroatoms. The van der Waals surface area contributed by atoms with Crippen LogP contribution >= 0.6 is 0 Å². The molecule has 0 saturated heterocycles. The summed E-state index contributed by atoms with van der Waals surface area (Å²) in [5.74, 6) is 2.49. The first-order valence-corrected chi connectivity index (χ1v) is 13.4. The molecule has 0 amide bonds.